The van der Waals surface area contributed by atoms with Gasteiger partial charge in [-0.05, 0) is 62.0 Å². The highest BCUT2D eigenvalue weighted by atomic mass is 16.5. The van der Waals surface area contributed by atoms with Gasteiger partial charge in [-0.25, -0.2) is 4.98 Å². The molecule has 2 atom stereocenters. The number of nitrogens with one attached hydrogen (secondary N) is 1. The average molecular weight is 405 g/mol. The second-order valence-electron chi connectivity index (χ2n) is 10.8. The lowest BCUT2D eigenvalue weighted by Gasteiger charge is -2.45. The van der Waals surface area contributed by atoms with Gasteiger partial charge in [-0.2, -0.15) is 0 Å². The lowest BCUT2D eigenvalue weighted by atomic mass is 9.62. The highest BCUT2D eigenvalue weighted by Crippen LogP contribution is 2.47. The van der Waals surface area contributed by atoms with Crippen molar-refractivity contribution in [1.29, 1.82) is 0 Å². The van der Waals surface area contributed by atoms with Crippen LogP contribution in [0, 0.1) is 23.2 Å². The minimum atomic E-state index is -0.667. The largest absolute Gasteiger partial charge is 0.505 e. The van der Waals surface area contributed by atoms with Gasteiger partial charge in [0.25, 0.3) is 5.91 Å². The van der Waals surface area contributed by atoms with Crippen molar-refractivity contribution in [3.8, 4) is 5.75 Å². The van der Waals surface area contributed by atoms with E-state index in [1.807, 2.05) is 6.92 Å². The van der Waals surface area contributed by atoms with E-state index in [9.17, 15) is 14.7 Å². The van der Waals surface area contributed by atoms with Gasteiger partial charge in [0.15, 0.2) is 5.69 Å². The summed E-state index contributed by atoms with van der Waals surface area (Å²) in [6.45, 7) is 14.6. The number of ether oxygens (including phenoxy) is 1. The quantitative estimate of drug-likeness (QED) is 0.711. The van der Waals surface area contributed by atoms with Gasteiger partial charge < -0.3 is 15.2 Å². The summed E-state index contributed by atoms with van der Waals surface area (Å²) < 4.78 is 5.62. The Hall–Kier alpha value is -2.11. The molecule has 0 radical (unpaired) electrons. The van der Waals surface area contributed by atoms with Crippen molar-refractivity contribution in [2.24, 2.45) is 16.2 Å². The molecule has 1 aromatic heterocycles. The molecule has 6 heteroatoms. The molecule has 0 spiro atoms. The van der Waals surface area contributed by atoms with Crippen LogP contribution in [0.1, 0.15) is 83.3 Å². The van der Waals surface area contributed by atoms with Crippen molar-refractivity contribution in [3.05, 3.63) is 23.5 Å². The van der Waals surface area contributed by atoms with Gasteiger partial charge in [-0.1, -0.05) is 34.6 Å². The Balaban J connectivity index is 2.10. The van der Waals surface area contributed by atoms with Gasteiger partial charge in [0, 0.05) is 12.2 Å². The Bertz CT molecular complexity index is 767. The standard InChI is InChI=1S/C23H36N2O4/c1-15-8-10-24-17(18(15)26)19(27)25-16-12-22(5,6)14-23(7,13-16)20(28)29-11-9-21(2,3)4/h8,10,16,26H,9,11-14H2,1-7H3,(H,25,27). The van der Waals surface area contributed by atoms with E-state index in [4.69, 9.17) is 4.74 Å². The first-order valence-corrected chi connectivity index (χ1v) is 10.4. The number of nitrogens with zero attached hydrogens (tertiary/aromatic N) is 1. The SMILES string of the molecule is Cc1ccnc(C(=O)NC2CC(C)(C)CC(C)(C(=O)OCCC(C)(C)C)C2)c1O. The van der Waals surface area contributed by atoms with E-state index in [0.717, 1.165) is 12.8 Å². The van der Waals surface area contributed by atoms with E-state index in [0.29, 0.717) is 25.0 Å². The Morgan fingerprint density at radius 1 is 1.28 bits per heavy atom. The van der Waals surface area contributed by atoms with E-state index < -0.39 is 11.3 Å². The van der Waals surface area contributed by atoms with E-state index >= 15 is 0 Å². The van der Waals surface area contributed by atoms with Crippen LogP contribution in [0.3, 0.4) is 0 Å². The highest BCUT2D eigenvalue weighted by Gasteiger charge is 2.47. The molecule has 1 saturated carbocycles. The number of carbonyl (C=O) groups is 2. The summed E-state index contributed by atoms with van der Waals surface area (Å²) in [5.41, 5.74) is -0.0774. The first-order valence-electron chi connectivity index (χ1n) is 10.4. The maximum atomic E-state index is 12.9. The van der Waals surface area contributed by atoms with Crippen LogP contribution in [0.15, 0.2) is 12.3 Å². The molecular weight excluding hydrogens is 368 g/mol. The molecule has 29 heavy (non-hydrogen) atoms. The number of aromatic nitrogens is 1. The van der Waals surface area contributed by atoms with E-state index in [1.54, 1.807) is 13.0 Å². The molecule has 1 fully saturated rings. The molecule has 1 amide bonds. The molecule has 1 heterocycles. The van der Waals surface area contributed by atoms with Gasteiger partial charge in [0.2, 0.25) is 0 Å². The Morgan fingerprint density at radius 2 is 1.93 bits per heavy atom. The fourth-order valence-corrected chi connectivity index (χ4v) is 4.34. The number of aryl methyl sites for hydroxylation is 1. The first-order chi connectivity index (χ1) is 13.2. The van der Waals surface area contributed by atoms with Crippen molar-refractivity contribution in [2.75, 3.05) is 6.61 Å². The zero-order valence-corrected chi connectivity index (χ0v) is 18.9. The molecule has 0 saturated heterocycles. The fraction of sp³-hybridized carbons (Fsp3) is 0.696. The summed E-state index contributed by atoms with van der Waals surface area (Å²) in [4.78, 5) is 29.6. The molecule has 2 N–H and O–H groups in total. The summed E-state index contributed by atoms with van der Waals surface area (Å²) in [6, 6.07) is 1.45. The summed E-state index contributed by atoms with van der Waals surface area (Å²) in [5.74, 6) is -0.730. The molecule has 162 valence electrons. The molecule has 2 unspecified atom stereocenters. The van der Waals surface area contributed by atoms with Crippen LogP contribution in [-0.2, 0) is 9.53 Å². The fourth-order valence-electron chi connectivity index (χ4n) is 4.34. The molecule has 1 aliphatic rings. The van der Waals surface area contributed by atoms with E-state index in [2.05, 4.69) is 44.9 Å². The van der Waals surface area contributed by atoms with Crippen LogP contribution in [0.25, 0.3) is 0 Å². The number of amides is 1. The molecule has 0 bridgehead atoms. The minimum Gasteiger partial charge on any atom is -0.505 e. The molecule has 1 aliphatic carbocycles. The maximum absolute atomic E-state index is 12.9. The normalized spacial score (nSPS) is 24.0. The lowest BCUT2D eigenvalue weighted by Crippen LogP contribution is -2.50. The van der Waals surface area contributed by atoms with Crippen LogP contribution in [-0.4, -0.2) is 34.6 Å². The summed E-state index contributed by atoms with van der Waals surface area (Å²) in [5, 5.41) is 13.1. The summed E-state index contributed by atoms with van der Waals surface area (Å²) in [6.07, 6.45) is 4.26. The van der Waals surface area contributed by atoms with E-state index in [-0.39, 0.29) is 34.3 Å². The van der Waals surface area contributed by atoms with Crippen molar-refractivity contribution >= 4 is 11.9 Å². The summed E-state index contributed by atoms with van der Waals surface area (Å²) in [7, 11) is 0. The predicted octanol–water partition coefficient (Wildman–Crippen LogP) is 4.39. The van der Waals surface area contributed by atoms with Crippen LogP contribution in [0.4, 0.5) is 0 Å². The van der Waals surface area contributed by atoms with Crippen LogP contribution in [0.2, 0.25) is 0 Å². The average Bonchev–Trinajstić information content (AvgIpc) is 2.54. The lowest BCUT2D eigenvalue weighted by molar-refractivity contribution is -0.160. The smallest absolute Gasteiger partial charge is 0.311 e. The van der Waals surface area contributed by atoms with Crippen LogP contribution < -0.4 is 5.32 Å². The number of aromatic hydroxyl groups is 1. The predicted molar refractivity (Wildman–Crippen MR) is 113 cm³/mol. The maximum Gasteiger partial charge on any atom is 0.311 e. The Kier molecular flexibility index (Phi) is 6.65. The topological polar surface area (TPSA) is 88.5 Å². The second kappa shape index (κ2) is 8.33. The second-order valence-corrected chi connectivity index (χ2v) is 10.8. The van der Waals surface area contributed by atoms with Gasteiger partial charge in [0.1, 0.15) is 5.75 Å². The van der Waals surface area contributed by atoms with Crippen molar-refractivity contribution in [1.82, 2.24) is 10.3 Å². The number of esters is 1. The number of hydrogen-bond acceptors (Lipinski definition) is 5. The molecule has 1 aromatic rings. The molecule has 6 nitrogen and oxygen atoms in total. The van der Waals surface area contributed by atoms with Gasteiger partial charge in [-0.3, -0.25) is 9.59 Å². The molecule has 0 aromatic carbocycles. The van der Waals surface area contributed by atoms with Crippen molar-refractivity contribution in [2.45, 2.75) is 80.2 Å². The van der Waals surface area contributed by atoms with Gasteiger partial charge in [-0.15, -0.1) is 0 Å². The summed E-state index contributed by atoms with van der Waals surface area (Å²) >= 11 is 0. The number of hydrogen-bond donors (Lipinski definition) is 2. The number of pyridine rings is 1. The molecular formula is C23H36N2O4. The monoisotopic (exact) mass is 404 g/mol. The molecule has 0 aliphatic heterocycles. The third kappa shape index (κ3) is 6.18. The minimum absolute atomic E-state index is 0.0165. The molecule has 2 rings (SSSR count). The zero-order valence-electron chi connectivity index (χ0n) is 18.9. The zero-order chi connectivity index (χ0) is 22.0. The van der Waals surface area contributed by atoms with Crippen molar-refractivity contribution < 1.29 is 19.4 Å². The van der Waals surface area contributed by atoms with Crippen LogP contribution >= 0.6 is 0 Å². The Labute approximate surface area is 174 Å². The van der Waals surface area contributed by atoms with Crippen molar-refractivity contribution in [3.63, 3.8) is 0 Å². The first kappa shape index (κ1) is 23.2. The number of carbonyl (C=O) groups excluding carboxylic acids is 2. The van der Waals surface area contributed by atoms with Gasteiger partial charge >= 0.3 is 5.97 Å². The Morgan fingerprint density at radius 3 is 2.55 bits per heavy atom. The van der Waals surface area contributed by atoms with Crippen LogP contribution in [0.5, 0.6) is 5.75 Å². The third-order valence-electron chi connectivity index (χ3n) is 5.62. The van der Waals surface area contributed by atoms with Gasteiger partial charge in [0.05, 0.1) is 12.0 Å². The van der Waals surface area contributed by atoms with E-state index in [1.165, 1.54) is 6.20 Å². The number of rotatable bonds is 5. The third-order valence-corrected chi connectivity index (χ3v) is 5.62. The highest BCUT2D eigenvalue weighted by molar-refractivity contribution is 5.95.